The van der Waals surface area contributed by atoms with Crippen molar-refractivity contribution in [3.8, 4) is 11.1 Å². The lowest BCUT2D eigenvalue weighted by Gasteiger charge is -2.27. The van der Waals surface area contributed by atoms with Crippen LogP contribution in [0, 0.1) is 5.92 Å². The van der Waals surface area contributed by atoms with E-state index in [0.717, 1.165) is 55.2 Å². The highest BCUT2D eigenvalue weighted by molar-refractivity contribution is 6.03. The fourth-order valence-corrected chi connectivity index (χ4v) is 6.69. The number of hydrogen-bond donors (Lipinski definition) is 3. The quantitative estimate of drug-likeness (QED) is 0.286. The molecule has 0 aliphatic heterocycles. The first-order valence-electron chi connectivity index (χ1n) is 14.9. The summed E-state index contributed by atoms with van der Waals surface area (Å²) in [6.07, 6.45) is 5.88. The second-order valence-corrected chi connectivity index (χ2v) is 12.1. The van der Waals surface area contributed by atoms with Gasteiger partial charge in [-0.1, -0.05) is 67.1 Å². The van der Waals surface area contributed by atoms with E-state index in [2.05, 4.69) is 62.5 Å². The highest BCUT2D eigenvalue weighted by Gasteiger charge is 2.28. The number of hydrogen-bond acceptors (Lipinski definition) is 4. The predicted molar refractivity (Wildman–Crippen MR) is 166 cm³/mol. The van der Waals surface area contributed by atoms with Crippen molar-refractivity contribution >= 4 is 17.3 Å². The molecular formula is C36H42N2O3. The monoisotopic (exact) mass is 550 g/mol. The van der Waals surface area contributed by atoms with Gasteiger partial charge in [0.05, 0.1) is 0 Å². The Hall–Kier alpha value is -3.54. The Morgan fingerprint density at radius 3 is 2.46 bits per heavy atom. The molecule has 0 radical (unpaired) electrons. The van der Waals surface area contributed by atoms with Gasteiger partial charge in [-0.25, -0.2) is 0 Å². The lowest BCUT2D eigenvalue weighted by atomic mass is 9.80. The third-order valence-corrected chi connectivity index (χ3v) is 9.31. The topological polar surface area (TPSA) is 92.4 Å². The first-order valence-corrected chi connectivity index (χ1v) is 14.9. The zero-order chi connectivity index (χ0) is 29.1. The average molecular weight is 551 g/mol. The summed E-state index contributed by atoms with van der Waals surface area (Å²) >= 11 is 0. The Morgan fingerprint density at radius 2 is 1.73 bits per heavy atom. The second kappa shape index (κ2) is 12.5. The van der Waals surface area contributed by atoms with Crippen LogP contribution >= 0.6 is 0 Å². The van der Waals surface area contributed by atoms with Gasteiger partial charge in [0.15, 0.2) is 5.78 Å². The lowest BCUT2D eigenvalue weighted by Crippen LogP contribution is -2.42. The van der Waals surface area contributed by atoms with Crippen LogP contribution in [-0.2, 0) is 6.42 Å². The van der Waals surface area contributed by atoms with E-state index in [0.29, 0.717) is 17.4 Å². The number of Topliss-reactive ketones (excluding diaryl/α,β-unsaturated/α-hetero) is 1. The van der Waals surface area contributed by atoms with E-state index in [4.69, 9.17) is 5.73 Å². The van der Waals surface area contributed by atoms with Crippen LogP contribution in [0.4, 0.5) is 0 Å². The highest BCUT2D eigenvalue weighted by atomic mass is 16.3. The molecule has 3 aromatic rings. The Morgan fingerprint density at radius 1 is 0.976 bits per heavy atom. The molecule has 41 heavy (non-hydrogen) atoms. The second-order valence-electron chi connectivity index (χ2n) is 12.1. The number of benzene rings is 3. The van der Waals surface area contributed by atoms with Crippen LogP contribution < -0.4 is 11.1 Å². The molecule has 1 saturated carbocycles. The number of carbonyl (C=O) groups excluding carboxylic acids is 2. The van der Waals surface area contributed by atoms with Gasteiger partial charge in [-0.3, -0.25) is 9.59 Å². The summed E-state index contributed by atoms with van der Waals surface area (Å²) in [5.74, 6) is 0.470. The minimum absolute atomic E-state index is 0.00634. The third-order valence-electron chi connectivity index (χ3n) is 9.31. The lowest BCUT2D eigenvalue weighted by molar-refractivity contribution is 0.0902. The number of aliphatic hydroxyl groups is 1. The van der Waals surface area contributed by atoms with E-state index >= 15 is 0 Å². The normalized spacial score (nSPS) is 22.6. The van der Waals surface area contributed by atoms with Gasteiger partial charge < -0.3 is 16.2 Å². The summed E-state index contributed by atoms with van der Waals surface area (Å²) in [6.45, 7) is 6.22. The number of nitrogens with one attached hydrogen (secondary N) is 1. The van der Waals surface area contributed by atoms with Crippen molar-refractivity contribution in [3.63, 3.8) is 0 Å². The van der Waals surface area contributed by atoms with Gasteiger partial charge in [-0.2, -0.15) is 0 Å². The van der Waals surface area contributed by atoms with Crippen molar-refractivity contribution < 1.29 is 14.7 Å². The van der Waals surface area contributed by atoms with Crippen LogP contribution in [0.1, 0.15) is 96.2 Å². The van der Waals surface area contributed by atoms with E-state index in [1.165, 1.54) is 27.8 Å². The van der Waals surface area contributed by atoms with Crippen molar-refractivity contribution in [1.29, 1.82) is 0 Å². The number of ketones is 1. The van der Waals surface area contributed by atoms with Crippen molar-refractivity contribution in [2.45, 2.75) is 77.3 Å². The Kier molecular flexibility index (Phi) is 8.86. The zero-order valence-corrected chi connectivity index (χ0v) is 24.5. The van der Waals surface area contributed by atoms with Crippen LogP contribution in [0.15, 0.2) is 72.3 Å². The number of amides is 1. The van der Waals surface area contributed by atoms with Crippen LogP contribution in [0.3, 0.4) is 0 Å². The molecule has 2 aliphatic rings. The van der Waals surface area contributed by atoms with Gasteiger partial charge in [0.25, 0.3) is 5.91 Å². The molecule has 0 bridgehead atoms. The molecule has 5 nitrogen and oxygen atoms in total. The summed E-state index contributed by atoms with van der Waals surface area (Å²) in [6, 6.07) is 22.5. The maximum absolute atomic E-state index is 13.2. The minimum Gasteiger partial charge on any atom is -0.388 e. The minimum atomic E-state index is -0.496. The van der Waals surface area contributed by atoms with Crippen molar-refractivity contribution in [2.24, 2.45) is 11.7 Å². The molecule has 4 N–H and O–H groups in total. The number of aliphatic hydroxyl groups excluding tert-OH is 1. The molecule has 3 aromatic carbocycles. The van der Waals surface area contributed by atoms with Crippen molar-refractivity contribution in [2.75, 3.05) is 6.61 Å². The van der Waals surface area contributed by atoms with E-state index in [-0.39, 0.29) is 23.8 Å². The first-order chi connectivity index (χ1) is 19.7. The number of carbonyl (C=O) groups is 2. The number of fused-ring (bicyclic) bond motifs is 1. The van der Waals surface area contributed by atoms with E-state index in [1.54, 1.807) is 6.07 Å². The van der Waals surface area contributed by atoms with Crippen LogP contribution in [0.5, 0.6) is 0 Å². The van der Waals surface area contributed by atoms with Gasteiger partial charge in [0.1, 0.15) is 6.61 Å². The Labute approximate surface area is 243 Å². The largest absolute Gasteiger partial charge is 0.388 e. The van der Waals surface area contributed by atoms with Gasteiger partial charge >= 0.3 is 0 Å². The fraction of sp³-hybridized carbons (Fsp3) is 0.389. The molecule has 214 valence electrons. The fourth-order valence-electron chi connectivity index (χ4n) is 6.69. The van der Waals surface area contributed by atoms with Crippen molar-refractivity contribution in [1.82, 2.24) is 5.32 Å². The molecule has 4 atom stereocenters. The maximum atomic E-state index is 13.2. The summed E-state index contributed by atoms with van der Waals surface area (Å²) in [5.41, 5.74) is 15.6. The van der Waals surface area contributed by atoms with Gasteiger partial charge in [0.2, 0.25) is 0 Å². The molecule has 2 aliphatic carbocycles. The summed E-state index contributed by atoms with van der Waals surface area (Å²) in [5, 5.41) is 12.6. The molecule has 0 spiro atoms. The molecule has 0 aromatic heterocycles. The maximum Gasteiger partial charge on any atom is 0.251 e. The molecular weight excluding hydrogens is 508 g/mol. The smallest absolute Gasteiger partial charge is 0.251 e. The molecule has 5 rings (SSSR count). The predicted octanol–water partition coefficient (Wildman–Crippen LogP) is 6.69. The number of rotatable bonds is 7. The highest BCUT2D eigenvalue weighted by Crippen LogP contribution is 2.41. The molecule has 0 heterocycles. The summed E-state index contributed by atoms with van der Waals surface area (Å²) in [4.78, 5) is 25.4. The average Bonchev–Trinajstić information content (AvgIpc) is 3.07. The van der Waals surface area contributed by atoms with Gasteiger partial charge in [-0.05, 0) is 110 Å². The van der Waals surface area contributed by atoms with E-state index in [1.807, 2.05) is 24.3 Å². The zero-order valence-electron chi connectivity index (χ0n) is 24.5. The summed E-state index contributed by atoms with van der Waals surface area (Å²) < 4.78 is 0. The molecule has 0 saturated heterocycles. The van der Waals surface area contributed by atoms with Gasteiger partial charge in [-0.15, -0.1) is 0 Å². The first kappa shape index (κ1) is 29.0. The molecule has 4 unspecified atom stereocenters. The van der Waals surface area contributed by atoms with E-state index in [9.17, 15) is 14.7 Å². The Balaban J connectivity index is 1.34. The number of nitrogens with two attached hydrogens (primary N) is 1. The SMILES string of the molecule is CC1=C(C)c2cc(C(=O)NC3CCCC(N)C3)ccc2C(C)C(Cc2ccc(-c3ccccc3C(=O)CO)cc2)C1. The molecule has 1 fully saturated rings. The number of allylic oxidation sites excluding steroid dienone is 2. The van der Waals surface area contributed by atoms with Crippen molar-refractivity contribution in [3.05, 3.63) is 100 Å². The Bertz CT molecular complexity index is 1460. The van der Waals surface area contributed by atoms with Crippen LogP contribution in [-0.4, -0.2) is 35.5 Å². The molecule has 1 amide bonds. The third kappa shape index (κ3) is 6.37. The summed E-state index contributed by atoms with van der Waals surface area (Å²) in [7, 11) is 0. The van der Waals surface area contributed by atoms with Crippen LogP contribution in [0.2, 0.25) is 0 Å². The van der Waals surface area contributed by atoms with Crippen LogP contribution in [0.25, 0.3) is 16.7 Å². The van der Waals surface area contributed by atoms with E-state index < -0.39 is 6.61 Å². The van der Waals surface area contributed by atoms with Gasteiger partial charge in [0, 0.05) is 23.2 Å². The molecule has 5 heteroatoms. The standard InChI is InChI=1S/C36H42N2O3/c1-22-17-28(18-25-11-13-26(14-12-25)32-9-4-5-10-33(32)35(40)21-39)24(3)31-16-15-27(19-34(31)23(22)2)36(41)38-30-8-6-7-29(37)20-30/h4-5,9-16,19,24,28-30,39H,6-8,17-18,20-21,37H2,1-3H3,(H,38,41).